The van der Waals surface area contributed by atoms with E-state index in [2.05, 4.69) is 23.9 Å². The van der Waals surface area contributed by atoms with E-state index in [4.69, 9.17) is 0 Å². The average molecular weight is 382 g/mol. The van der Waals surface area contributed by atoms with Crippen molar-refractivity contribution in [3.05, 3.63) is 69.6 Å². The van der Waals surface area contributed by atoms with Gasteiger partial charge >= 0.3 is 0 Å². The van der Waals surface area contributed by atoms with Gasteiger partial charge in [-0.3, -0.25) is 14.0 Å². The first-order chi connectivity index (χ1) is 12.9. The van der Waals surface area contributed by atoms with Crippen LogP contribution in [-0.2, 0) is 6.54 Å². The molecule has 0 amide bonds. The molecule has 0 aliphatic rings. The summed E-state index contributed by atoms with van der Waals surface area (Å²) in [6, 6.07) is 6.49. The second kappa shape index (κ2) is 6.74. The zero-order valence-electron chi connectivity index (χ0n) is 15.3. The molecule has 5 nitrogen and oxygen atoms in total. The number of hydrogen-bond donors (Lipinski definition) is 0. The van der Waals surface area contributed by atoms with Gasteiger partial charge < -0.3 is 0 Å². The summed E-state index contributed by atoms with van der Waals surface area (Å²) < 4.78 is 16.8. The maximum Gasteiger partial charge on any atom is 0.263 e. The van der Waals surface area contributed by atoms with Crippen LogP contribution >= 0.6 is 11.3 Å². The molecule has 0 saturated heterocycles. The Balaban J connectivity index is 1.82. The van der Waals surface area contributed by atoms with Crippen LogP contribution in [0.5, 0.6) is 0 Å². The fourth-order valence-electron chi connectivity index (χ4n) is 3.15. The van der Waals surface area contributed by atoms with Crippen LogP contribution in [0.4, 0.5) is 4.39 Å². The molecule has 0 aliphatic carbocycles. The lowest BCUT2D eigenvalue weighted by Crippen LogP contribution is -2.20. The molecule has 4 rings (SSSR count). The fourth-order valence-corrected chi connectivity index (χ4v) is 4.16. The van der Waals surface area contributed by atoms with Crippen molar-refractivity contribution in [1.29, 1.82) is 0 Å². The van der Waals surface area contributed by atoms with E-state index >= 15 is 0 Å². The number of rotatable bonds is 4. The van der Waals surface area contributed by atoms with Crippen molar-refractivity contribution in [3.8, 4) is 11.1 Å². The Hall–Kier alpha value is -2.80. The summed E-state index contributed by atoms with van der Waals surface area (Å²) in [6.45, 7) is 6.48. The third-order valence-corrected chi connectivity index (χ3v) is 5.54. The zero-order valence-corrected chi connectivity index (χ0v) is 16.1. The monoisotopic (exact) mass is 382 g/mol. The number of benzene rings is 1. The molecule has 0 radical (unpaired) electrons. The van der Waals surface area contributed by atoms with Gasteiger partial charge in [-0.25, -0.2) is 9.37 Å². The number of hydrogen-bond acceptors (Lipinski definition) is 4. The molecule has 0 unspecified atom stereocenters. The Kier molecular flexibility index (Phi) is 4.39. The summed E-state index contributed by atoms with van der Waals surface area (Å²) in [6.07, 6.45) is 5.30. The van der Waals surface area contributed by atoms with E-state index in [9.17, 15) is 9.18 Å². The summed E-state index contributed by atoms with van der Waals surface area (Å²) in [5.74, 6) is -0.298. The highest BCUT2D eigenvalue weighted by Gasteiger charge is 2.17. The highest BCUT2D eigenvalue weighted by Crippen LogP contribution is 2.35. The summed E-state index contributed by atoms with van der Waals surface area (Å²) in [7, 11) is 0. The van der Waals surface area contributed by atoms with E-state index in [1.807, 2.05) is 17.8 Å². The molecule has 1 aromatic carbocycles. The van der Waals surface area contributed by atoms with E-state index in [0.29, 0.717) is 16.8 Å². The molecule has 0 spiro atoms. The van der Waals surface area contributed by atoms with E-state index in [-0.39, 0.29) is 17.4 Å². The minimum atomic E-state index is -0.298. The molecular weight excluding hydrogens is 363 g/mol. The Morgan fingerprint density at radius 1 is 1.22 bits per heavy atom. The lowest BCUT2D eigenvalue weighted by atomic mass is 10.0. The molecule has 0 fully saturated rings. The Morgan fingerprint density at radius 2 is 1.96 bits per heavy atom. The molecule has 3 aromatic heterocycles. The number of fused-ring (bicyclic) bond motifs is 1. The molecule has 0 bridgehead atoms. The standard InChI is InChI=1S/C20H19FN4OS/c1-12(2)25-10-14(8-23-25)9-24-11-22-19-18(20(24)26)17(13(3)27-19)15-4-6-16(21)7-5-15/h4-8,10-12H,9H2,1-3H3. The van der Waals surface area contributed by atoms with Gasteiger partial charge in [0.2, 0.25) is 0 Å². The molecule has 0 atom stereocenters. The highest BCUT2D eigenvalue weighted by molar-refractivity contribution is 7.19. The molecule has 7 heteroatoms. The number of halogens is 1. The van der Waals surface area contributed by atoms with Gasteiger partial charge in [0.1, 0.15) is 10.6 Å². The number of aromatic nitrogens is 4. The van der Waals surface area contributed by atoms with Gasteiger partial charge in [0.25, 0.3) is 5.56 Å². The molecule has 0 saturated carbocycles. The summed E-state index contributed by atoms with van der Waals surface area (Å²) >= 11 is 1.48. The topological polar surface area (TPSA) is 52.7 Å². The van der Waals surface area contributed by atoms with Crippen LogP contribution in [0, 0.1) is 12.7 Å². The summed E-state index contributed by atoms with van der Waals surface area (Å²) in [5.41, 5.74) is 2.51. The molecule has 4 aromatic rings. The lowest BCUT2D eigenvalue weighted by Gasteiger charge is -2.06. The van der Waals surface area contributed by atoms with Gasteiger partial charge in [0.05, 0.1) is 24.5 Å². The van der Waals surface area contributed by atoms with Crippen LogP contribution in [0.3, 0.4) is 0 Å². The largest absolute Gasteiger partial charge is 0.294 e. The van der Waals surface area contributed by atoms with E-state index < -0.39 is 0 Å². The number of nitrogens with zero attached hydrogens (tertiary/aromatic N) is 4. The van der Waals surface area contributed by atoms with E-state index in [1.54, 1.807) is 29.2 Å². The highest BCUT2D eigenvalue weighted by atomic mass is 32.1. The van der Waals surface area contributed by atoms with Crippen molar-refractivity contribution < 1.29 is 4.39 Å². The third kappa shape index (κ3) is 3.19. The molecule has 0 N–H and O–H groups in total. The summed E-state index contributed by atoms with van der Waals surface area (Å²) in [4.78, 5) is 19.4. The third-order valence-electron chi connectivity index (χ3n) is 4.52. The average Bonchev–Trinajstić information content (AvgIpc) is 3.23. The van der Waals surface area contributed by atoms with Crippen LogP contribution in [-0.4, -0.2) is 19.3 Å². The Morgan fingerprint density at radius 3 is 2.63 bits per heavy atom. The Bertz CT molecular complexity index is 1170. The maximum absolute atomic E-state index is 13.3. The first kappa shape index (κ1) is 17.6. The molecular formula is C20H19FN4OS. The molecule has 3 heterocycles. The zero-order chi connectivity index (χ0) is 19.1. The van der Waals surface area contributed by atoms with Crippen molar-refractivity contribution in [1.82, 2.24) is 19.3 Å². The first-order valence-electron chi connectivity index (χ1n) is 8.71. The molecule has 138 valence electrons. The predicted molar refractivity (Wildman–Crippen MR) is 106 cm³/mol. The van der Waals surface area contributed by atoms with Gasteiger partial charge in [-0.15, -0.1) is 11.3 Å². The SMILES string of the molecule is Cc1sc2ncn(Cc3cnn(C(C)C)c3)c(=O)c2c1-c1ccc(F)cc1. The first-order valence-corrected chi connectivity index (χ1v) is 9.53. The van der Waals surface area contributed by atoms with Crippen molar-refractivity contribution >= 4 is 21.6 Å². The van der Waals surface area contributed by atoms with Crippen molar-refractivity contribution in [2.45, 2.75) is 33.4 Å². The van der Waals surface area contributed by atoms with Gasteiger partial charge in [-0.1, -0.05) is 12.1 Å². The molecule has 0 aliphatic heterocycles. The van der Waals surface area contributed by atoms with Crippen LogP contribution in [0.1, 0.15) is 30.3 Å². The van der Waals surface area contributed by atoms with Crippen molar-refractivity contribution in [3.63, 3.8) is 0 Å². The van der Waals surface area contributed by atoms with Crippen molar-refractivity contribution in [2.75, 3.05) is 0 Å². The van der Waals surface area contributed by atoms with Gasteiger partial charge in [-0.05, 0) is 38.5 Å². The van der Waals surface area contributed by atoms with E-state index in [1.165, 1.54) is 23.5 Å². The van der Waals surface area contributed by atoms with Crippen LogP contribution < -0.4 is 5.56 Å². The second-order valence-corrected chi connectivity index (χ2v) is 8.02. The number of thiophene rings is 1. The molecule has 27 heavy (non-hydrogen) atoms. The van der Waals surface area contributed by atoms with Gasteiger partial charge in [-0.2, -0.15) is 5.10 Å². The van der Waals surface area contributed by atoms with Crippen LogP contribution in [0.25, 0.3) is 21.3 Å². The van der Waals surface area contributed by atoms with Gasteiger partial charge in [0.15, 0.2) is 0 Å². The van der Waals surface area contributed by atoms with Crippen LogP contribution in [0.2, 0.25) is 0 Å². The van der Waals surface area contributed by atoms with Crippen LogP contribution in [0.15, 0.2) is 47.8 Å². The van der Waals surface area contributed by atoms with Gasteiger partial charge in [0, 0.05) is 28.2 Å². The normalized spacial score (nSPS) is 11.6. The quantitative estimate of drug-likeness (QED) is 0.526. The lowest BCUT2D eigenvalue weighted by molar-refractivity contribution is 0.531. The maximum atomic E-state index is 13.3. The number of aryl methyl sites for hydroxylation is 1. The minimum absolute atomic E-state index is 0.0963. The Labute approximate surface area is 159 Å². The smallest absolute Gasteiger partial charge is 0.263 e. The van der Waals surface area contributed by atoms with Crippen molar-refractivity contribution in [2.24, 2.45) is 0 Å². The fraction of sp³-hybridized carbons (Fsp3) is 0.250. The second-order valence-electron chi connectivity index (χ2n) is 6.82. The van der Waals surface area contributed by atoms with E-state index in [0.717, 1.165) is 21.6 Å². The predicted octanol–water partition coefficient (Wildman–Crippen LogP) is 4.40. The summed E-state index contributed by atoms with van der Waals surface area (Å²) in [5, 5.41) is 4.91. The minimum Gasteiger partial charge on any atom is -0.294 e.